The van der Waals surface area contributed by atoms with Crippen LogP contribution in [0.15, 0.2) is 42.5 Å². The van der Waals surface area contributed by atoms with Crippen molar-refractivity contribution in [2.45, 2.75) is 13.5 Å². The zero-order valence-electron chi connectivity index (χ0n) is 12.3. The van der Waals surface area contributed by atoms with E-state index in [1.807, 2.05) is 0 Å². The molecule has 2 rings (SSSR count). The molecule has 0 heterocycles. The van der Waals surface area contributed by atoms with Crippen LogP contribution in [0.25, 0.3) is 0 Å². The molecule has 0 aliphatic rings. The highest BCUT2D eigenvalue weighted by Crippen LogP contribution is 2.32. The topological polar surface area (TPSA) is 67.8 Å². The van der Waals surface area contributed by atoms with Crippen LogP contribution in [0.1, 0.15) is 17.3 Å². The van der Waals surface area contributed by atoms with Crippen molar-refractivity contribution in [3.63, 3.8) is 0 Å². The molecule has 0 bridgehead atoms. The van der Waals surface area contributed by atoms with Crippen molar-refractivity contribution in [1.82, 2.24) is 0 Å². The van der Waals surface area contributed by atoms with Gasteiger partial charge in [-0.25, -0.2) is 4.79 Å². The molecule has 0 fully saturated rings. The van der Waals surface area contributed by atoms with Crippen LogP contribution in [-0.4, -0.2) is 24.3 Å². The number of carboxylic acid groups (broad SMARTS) is 1. The first-order chi connectivity index (χ1) is 11.0. The summed E-state index contributed by atoms with van der Waals surface area (Å²) >= 11 is 0. The van der Waals surface area contributed by atoms with E-state index in [1.54, 1.807) is 25.1 Å². The molecule has 0 spiro atoms. The van der Waals surface area contributed by atoms with E-state index in [1.165, 1.54) is 24.3 Å². The summed E-state index contributed by atoms with van der Waals surface area (Å²) in [6, 6.07) is 10.6. The van der Waals surface area contributed by atoms with E-state index in [4.69, 9.17) is 9.84 Å². The Labute approximate surface area is 131 Å². The summed E-state index contributed by atoms with van der Waals surface area (Å²) < 4.78 is 34.4. The predicted octanol–water partition coefficient (Wildman–Crippen LogP) is 4.13. The van der Waals surface area contributed by atoms with Crippen LogP contribution in [0.2, 0.25) is 0 Å². The summed E-state index contributed by atoms with van der Waals surface area (Å²) in [5.74, 6) is -0.864. The number of anilines is 2. The number of hydrogen-bond donors (Lipinski definition) is 2. The molecule has 0 atom stereocenters. The van der Waals surface area contributed by atoms with Crippen molar-refractivity contribution in [2.24, 2.45) is 0 Å². The number of carbonyl (C=O) groups is 1. The largest absolute Gasteiger partial charge is 0.490 e. The zero-order chi connectivity index (χ0) is 16.8. The zero-order valence-corrected chi connectivity index (χ0v) is 12.3. The highest BCUT2D eigenvalue weighted by atomic mass is 19.3. The highest BCUT2D eigenvalue weighted by Gasteiger charge is 2.12. The van der Waals surface area contributed by atoms with Gasteiger partial charge < -0.3 is 19.9 Å². The normalized spacial score (nSPS) is 10.4. The van der Waals surface area contributed by atoms with Gasteiger partial charge in [0.05, 0.1) is 12.2 Å². The Morgan fingerprint density at radius 2 is 1.78 bits per heavy atom. The molecule has 23 heavy (non-hydrogen) atoms. The minimum Gasteiger partial charge on any atom is -0.490 e. The van der Waals surface area contributed by atoms with Gasteiger partial charge in [-0.1, -0.05) is 0 Å². The number of ether oxygens (including phenoxy) is 2. The molecule has 0 aromatic heterocycles. The lowest BCUT2D eigenvalue weighted by atomic mass is 10.2. The van der Waals surface area contributed by atoms with Crippen molar-refractivity contribution in [2.75, 3.05) is 11.9 Å². The number of halogens is 2. The molecule has 0 radical (unpaired) electrons. The first-order valence-electron chi connectivity index (χ1n) is 6.81. The Morgan fingerprint density at radius 1 is 1.13 bits per heavy atom. The maximum absolute atomic E-state index is 12.3. The summed E-state index contributed by atoms with van der Waals surface area (Å²) in [5.41, 5.74) is 1.42. The van der Waals surface area contributed by atoms with E-state index in [9.17, 15) is 13.6 Å². The third-order valence-corrected chi connectivity index (χ3v) is 2.88. The first-order valence-corrected chi connectivity index (χ1v) is 6.81. The number of hydrogen-bond acceptors (Lipinski definition) is 4. The number of benzene rings is 2. The van der Waals surface area contributed by atoms with Crippen molar-refractivity contribution < 1.29 is 28.2 Å². The van der Waals surface area contributed by atoms with Crippen LogP contribution >= 0.6 is 0 Å². The highest BCUT2D eigenvalue weighted by molar-refractivity contribution is 5.88. The van der Waals surface area contributed by atoms with Crippen molar-refractivity contribution in [1.29, 1.82) is 0 Å². The van der Waals surface area contributed by atoms with Gasteiger partial charge in [0.1, 0.15) is 0 Å². The first kappa shape index (κ1) is 16.5. The minimum atomic E-state index is -2.93. The molecule has 0 amide bonds. The van der Waals surface area contributed by atoms with Crippen LogP contribution in [0.5, 0.6) is 11.5 Å². The molecule has 2 aromatic rings. The number of nitrogens with one attached hydrogen (secondary N) is 1. The second-order valence-electron chi connectivity index (χ2n) is 4.48. The van der Waals surface area contributed by atoms with Gasteiger partial charge in [-0.05, 0) is 43.3 Å². The average molecular weight is 323 g/mol. The molecule has 0 unspecified atom stereocenters. The number of rotatable bonds is 7. The Morgan fingerprint density at radius 3 is 2.35 bits per heavy atom. The van der Waals surface area contributed by atoms with Crippen molar-refractivity contribution >= 4 is 17.3 Å². The quantitative estimate of drug-likeness (QED) is 0.802. The van der Waals surface area contributed by atoms with E-state index in [0.717, 1.165) is 0 Å². The lowest BCUT2D eigenvalue weighted by Crippen LogP contribution is -2.05. The van der Waals surface area contributed by atoms with Crippen molar-refractivity contribution in [3.8, 4) is 11.5 Å². The Kier molecular flexibility index (Phi) is 5.35. The molecular formula is C16H15F2NO4. The predicted molar refractivity (Wildman–Crippen MR) is 80.9 cm³/mol. The SMILES string of the molecule is CCOc1cc(Nc2ccc(C(=O)O)cc2)ccc1OC(F)F. The molecule has 0 saturated heterocycles. The molecule has 2 aromatic carbocycles. The third kappa shape index (κ3) is 4.57. The van der Waals surface area contributed by atoms with E-state index < -0.39 is 12.6 Å². The molecule has 5 nitrogen and oxygen atoms in total. The second-order valence-corrected chi connectivity index (χ2v) is 4.48. The Hall–Kier alpha value is -2.83. The minimum absolute atomic E-state index is 0.0476. The van der Waals surface area contributed by atoms with Gasteiger partial charge in [0.25, 0.3) is 0 Å². The molecule has 0 aliphatic carbocycles. The van der Waals surface area contributed by atoms with E-state index in [2.05, 4.69) is 10.1 Å². The van der Waals surface area contributed by atoms with Gasteiger partial charge in [0.15, 0.2) is 11.5 Å². The van der Waals surface area contributed by atoms with Gasteiger partial charge in [0.2, 0.25) is 0 Å². The summed E-state index contributed by atoms with van der Waals surface area (Å²) in [6.45, 7) is -0.899. The fraction of sp³-hybridized carbons (Fsp3) is 0.188. The standard InChI is InChI=1S/C16H15F2NO4/c1-2-22-14-9-12(7-8-13(14)23-16(17)18)19-11-5-3-10(4-6-11)15(20)21/h3-9,16,19H,2H2,1H3,(H,20,21). The molecule has 0 aliphatic heterocycles. The lowest BCUT2D eigenvalue weighted by Gasteiger charge is -2.14. The van der Waals surface area contributed by atoms with Gasteiger partial charge in [-0.15, -0.1) is 0 Å². The fourth-order valence-electron chi connectivity index (χ4n) is 1.91. The van der Waals surface area contributed by atoms with Crippen LogP contribution in [0, 0.1) is 0 Å². The lowest BCUT2D eigenvalue weighted by molar-refractivity contribution is -0.0514. The smallest absolute Gasteiger partial charge is 0.387 e. The number of carboxylic acids is 1. The maximum atomic E-state index is 12.3. The van der Waals surface area contributed by atoms with Gasteiger partial charge in [-0.2, -0.15) is 8.78 Å². The molecule has 2 N–H and O–H groups in total. The van der Waals surface area contributed by atoms with Crippen LogP contribution < -0.4 is 14.8 Å². The van der Waals surface area contributed by atoms with Gasteiger partial charge in [-0.3, -0.25) is 0 Å². The molecule has 0 saturated carbocycles. The number of aromatic carboxylic acids is 1. The summed E-state index contributed by atoms with van der Waals surface area (Å²) in [4.78, 5) is 10.8. The van der Waals surface area contributed by atoms with Crippen LogP contribution in [-0.2, 0) is 0 Å². The van der Waals surface area contributed by atoms with Crippen molar-refractivity contribution in [3.05, 3.63) is 48.0 Å². The van der Waals surface area contributed by atoms with Gasteiger partial charge in [0, 0.05) is 17.4 Å². The molecule has 122 valence electrons. The summed E-state index contributed by atoms with van der Waals surface area (Å²) in [5, 5.41) is 11.9. The summed E-state index contributed by atoms with van der Waals surface area (Å²) in [6.07, 6.45) is 0. The maximum Gasteiger partial charge on any atom is 0.387 e. The van der Waals surface area contributed by atoms with E-state index >= 15 is 0 Å². The van der Waals surface area contributed by atoms with Crippen LogP contribution in [0.3, 0.4) is 0 Å². The Bertz CT molecular complexity index is 674. The molecular weight excluding hydrogens is 308 g/mol. The summed E-state index contributed by atoms with van der Waals surface area (Å²) in [7, 11) is 0. The van der Waals surface area contributed by atoms with Gasteiger partial charge >= 0.3 is 12.6 Å². The second kappa shape index (κ2) is 7.44. The molecule has 7 heteroatoms. The van der Waals surface area contributed by atoms with E-state index in [-0.39, 0.29) is 17.1 Å². The number of alkyl halides is 2. The monoisotopic (exact) mass is 323 g/mol. The van der Waals surface area contributed by atoms with E-state index in [0.29, 0.717) is 18.0 Å². The average Bonchev–Trinajstić information content (AvgIpc) is 2.50. The third-order valence-electron chi connectivity index (χ3n) is 2.88. The van der Waals surface area contributed by atoms with Crippen LogP contribution in [0.4, 0.5) is 20.2 Å². The Balaban J connectivity index is 2.19. The fourth-order valence-corrected chi connectivity index (χ4v) is 1.91.